The summed E-state index contributed by atoms with van der Waals surface area (Å²) in [5, 5.41) is 6.46. The molecule has 0 bridgehead atoms. The molecule has 2 aromatic carbocycles. The minimum absolute atomic E-state index is 0.0630. The molecule has 7 heteroatoms. The molecule has 2 aromatic rings. The van der Waals surface area contributed by atoms with E-state index in [0.29, 0.717) is 27.7 Å². The van der Waals surface area contributed by atoms with Crippen LogP contribution in [0.1, 0.15) is 35.3 Å². The number of esters is 1. The molecule has 138 valence electrons. The smallest absolute Gasteiger partial charge is 0.338 e. The molecule has 2 N–H and O–H groups in total. The fourth-order valence-corrected chi connectivity index (χ4v) is 2.58. The number of benzene rings is 2. The van der Waals surface area contributed by atoms with Crippen molar-refractivity contribution in [3.63, 3.8) is 0 Å². The van der Waals surface area contributed by atoms with E-state index in [4.69, 9.17) is 27.9 Å². The summed E-state index contributed by atoms with van der Waals surface area (Å²) >= 11 is 11.9. The number of amides is 2. The Hall–Kier alpha value is -2.24. The van der Waals surface area contributed by atoms with E-state index in [1.54, 1.807) is 42.5 Å². The van der Waals surface area contributed by atoms with Crippen molar-refractivity contribution < 1.29 is 14.3 Å². The van der Waals surface area contributed by atoms with Gasteiger partial charge in [0.2, 0.25) is 0 Å². The molecule has 0 saturated carbocycles. The summed E-state index contributed by atoms with van der Waals surface area (Å²) in [5.74, 6) is -0.451. The summed E-state index contributed by atoms with van der Waals surface area (Å²) in [6.45, 7) is 4.20. The second kappa shape index (κ2) is 9.46. The van der Waals surface area contributed by atoms with Crippen LogP contribution in [0.5, 0.6) is 0 Å². The molecule has 0 saturated heterocycles. The van der Waals surface area contributed by atoms with Crippen LogP contribution < -0.4 is 10.6 Å². The number of carbonyl (C=O) groups is 2. The van der Waals surface area contributed by atoms with Gasteiger partial charge in [0.15, 0.2) is 0 Å². The second-order valence-corrected chi connectivity index (χ2v) is 6.83. The van der Waals surface area contributed by atoms with Gasteiger partial charge in [0.1, 0.15) is 6.61 Å². The van der Waals surface area contributed by atoms with Crippen LogP contribution in [-0.2, 0) is 17.9 Å². The van der Waals surface area contributed by atoms with Gasteiger partial charge in [-0.1, -0.05) is 41.4 Å². The first-order chi connectivity index (χ1) is 12.3. The summed E-state index contributed by atoms with van der Waals surface area (Å²) in [6, 6.07) is 11.7. The van der Waals surface area contributed by atoms with Crippen molar-refractivity contribution in [1.82, 2.24) is 10.6 Å². The Balaban J connectivity index is 1.87. The zero-order valence-electron chi connectivity index (χ0n) is 14.5. The third kappa shape index (κ3) is 6.24. The Morgan fingerprint density at radius 3 is 2.38 bits per heavy atom. The molecule has 0 aromatic heterocycles. The number of halogens is 2. The first-order valence-electron chi connectivity index (χ1n) is 8.09. The third-order valence-electron chi connectivity index (χ3n) is 3.44. The molecule has 5 nitrogen and oxygen atoms in total. The highest BCUT2D eigenvalue weighted by molar-refractivity contribution is 6.35. The average Bonchev–Trinajstić information content (AvgIpc) is 2.59. The summed E-state index contributed by atoms with van der Waals surface area (Å²) in [4.78, 5) is 23.7. The number of ether oxygens (including phenoxy) is 1. The monoisotopic (exact) mass is 394 g/mol. The van der Waals surface area contributed by atoms with Crippen molar-refractivity contribution in [2.45, 2.75) is 33.0 Å². The van der Waals surface area contributed by atoms with Crippen molar-refractivity contribution in [3.8, 4) is 0 Å². The number of hydrogen-bond acceptors (Lipinski definition) is 3. The molecule has 26 heavy (non-hydrogen) atoms. The van der Waals surface area contributed by atoms with Crippen LogP contribution in [0.2, 0.25) is 10.0 Å². The number of nitrogens with one attached hydrogen (secondary N) is 2. The van der Waals surface area contributed by atoms with E-state index in [2.05, 4.69) is 10.6 Å². The molecule has 0 aliphatic heterocycles. The van der Waals surface area contributed by atoms with Crippen LogP contribution in [0.4, 0.5) is 4.79 Å². The zero-order valence-corrected chi connectivity index (χ0v) is 16.0. The van der Waals surface area contributed by atoms with Crippen LogP contribution in [0.3, 0.4) is 0 Å². The van der Waals surface area contributed by atoms with E-state index < -0.39 is 5.97 Å². The lowest BCUT2D eigenvalue weighted by molar-refractivity contribution is 0.0473. The number of urea groups is 1. The Labute approximate surface area is 162 Å². The van der Waals surface area contributed by atoms with Crippen molar-refractivity contribution >= 4 is 35.2 Å². The van der Waals surface area contributed by atoms with Crippen molar-refractivity contribution in [2.75, 3.05) is 0 Å². The minimum Gasteiger partial charge on any atom is -0.457 e. The predicted molar refractivity (Wildman–Crippen MR) is 103 cm³/mol. The molecular formula is C19H20Cl2N2O3. The first kappa shape index (κ1) is 20.1. The van der Waals surface area contributed by atoms with Crippen LogP contribution >= 0.6 is 23.2 Å². The maximum atomic E-state index is 12.1. The minimum atomic E-state index is -0.451. The summed E-state index contributed by atoms with van der Waals surface area (Å²) in [5.41, 5.74) is 1.98. The van der Waals surface area contributed by atoms with E-state index in [-0.39, 0.29) is 18.7 Å². The van der Waals surface area contributed by atoms with Gasteiger partial charge in [-0.2, -0.15) is 0 Å². The Kier molecular flexibility index (Phi) is 7.30. The summed E-state index contributed by atoms with van der Waals surface area (Å²) in [7, 11) is 0. The number of rotatable bonds is 6. The molecule has 0 unspecified atom stereocenters. The first-order valence-corrected chi connectivity index (χ1v) is 8.85. The van der Waals surface area contributed by atoms with E-state index in [9.17, 15) is 9.59 Å². The normalized spacial score (nSPS) is 10.5. The van der Waals surface area contributed by atoms with Crippen molar-refractivity contribution in [3.05, 3.63) is 69.2 Å². The molecule has 0 spiro atoms. The highest BCUT2D eigenvalue weighted by Gasteiger charge is 2.10. The topological polar surface area (TPSA) is 67.4 Å². The molecule has 0 fully saturated rings. The van der Waals surface area contributed by atoms with Gasteiger partial charge in [-0.25, -0.2) is 9.59 Å². The van der Waals surface area contributed by atoms with Crippen molar-refractivity contribution in [2.24, 2.45) is 0 Å². The lowest BCUT2D eigenvalue weighted by atomic mass is 10.1. The quantitative estimate of drug-likeness (QED) is 0.705. The average molecular weight is 395 g/mol. The van der Waals surface area contributed by atoms with Crippen LogP contribution in [0, 0.1) is 0 Å². The highest BCUT2D eigenvalue weighted by atomic mass is 35.5. The number of carbonyl (C=O) groups excluding carboxylic acids is 2. The van der Waals surface area contributed by atoms with E-state index >= 15 is 0 Å². The molecule has 2 rings (SSSR count). The van der Waals surface area contributed by atoms with Gasteiger partial charge in [0, 0.05) is 28.2 Å². The Bertz CT molecular complexity index is 777. The van der Waals surface area contributed by atoms with Gasteiger partial charge in [-0.3, -0.25) is 0 Å². The SMILES string of the molecule is CC(C)NC(=O)NCc1ccc(C(=O)OCc2ccc(Cl)cc2Cl)cc1. The fraction of sp³-hybridized carbons (Fsp3) is 0.263. The van der Waals surface area contributed by atoms with Crippen LogP contribution in [-0.4, -0.2) is 18.0 Å². The summed E-state index contributed by atoms with van der Waals surface area (Å²) in [6.07, 6.45) is 0. The third-order valence-corrected chi connectivity index (χ3v) is 4.02. The standard InChI is InChI=1S/C19H20Cl2N2O3/c1-12(2)23-19(25)22-10-13-3-5-14(6-4-13)18(24)26-11-15-7-8-16(20)9-17(15)21/h3-9,12H,10-11H2,1-2H3,(H2,22,23,25). The zero-order chi connectivity index (χ0) is 19.1. The molecule has 0 aliphatic rings. The molecule has 0 aliphatic carbocycles. The molecule has 0 radical (unpaired) electrons. The second-order valence-electron chi connectivity index (χ2n) is 5.99. The van der Waals surface area contributed by atoms with E-state index in [0.717, 1.165) is 5.56 Å². The highest BCUT2D eigenvalue weighted by Crippen LogP contribution is 2.22. The lowest BCUT2D eigenvalue weighted by Crippen LogP contribution is -2.39. The molecule has 2 amide bonds. The van der Waals surface area contributed by atoms with Gasteiger partial charge in [-0.05, 0) is 43.7 Å². The van der Waals surface area contributed by atoms with Crippen LogP contribution in [0.15, 0.2) is 42.5 Å². The fourth-order valence-electron chi connectivity index (χ4n) is 2.12. The Morgan fingerprint density at radius 1 is 1.08 bits per heavy atom. The largest absolute Gasteiger partial charge is 0.457 e. The Morgan fingerprint density at radius 2 is 1.77 bits per heavy atom. The van der Waals surface area contributed by atoms with Crippen molar-refractivity contribution in [1.29, 1.82) is 0 Å². The van der Waals surface area contributed by atoms with E-state index in [1.807, 2.05) is 13.8 Å². The molecular weight excluding hydrogens is 375 g/mol. The predicted octanol–water partition coefficient (Wildman–Crippen LogP) is 4.56. The maximum Gasteiger partial charge on any atom is 0.338 e. The molecule has 0 heterocycles. The lowest BCUT2D eigenvalue weighted by Gasteiger charge is -2.10. The molecule has 0 atom stereocenters. The van der Waals surface area contributed by atoms with Gasteiger partial charge >= 0.3 is 12.0 Å². The number of hydrogen-bond donors (Lipinski definition) is 2. The summed E-state index contributed by atoms with van der Waals surface area (Å²) < 4.78 is 5.27. The maximum absolute atomic E-state index is 12.1. The van der Waals surface area contributed by atoms with Gasteiger partial charge in [0.05, 0.1) is 5.56 Å². The van der Waals surface area contributed by atoms with Gasteiger partial charge in [-0.15, -0.1) is 0 Å². The van der Waals surface area contributed by atoms with Gasteiger partial charge < -0.3 is 15.4 Å². The van der Waals surface area contributed by atoms with Gasteiger partial charge in [0.25, 0.3) is 0 Å². The van der Waals surface area contributed by atoms with Crippen LogP contribution in [0.25, 0.3) is 0 Å². The van der Waals surface area contributed by atoms with E-state index in [1.165, 1.54) is 0 Å².